The first-order valence-electron chi connectivity index (χ1n) is 8.59. The van der Waals surface area contributed by atoms with Gasteiger partial charge in [-0.25, -0.2) is 0 Å². The number of benzene rings is 2. The number of nitrogens with zero attached hydrogens (tertiary/aromatic N) is 1. The number of para-hydroxylation sites is 1. The first-order valence-corrected chi connectivity index (χ1v) is 9.82. The largest absolute Gasteiger partial charge is 0.573 e. The summed E-state index contributed by atoms with van der Waals surface area (Å²) in [6.07, 6.45) is -3.15. The van der Waals surface area contributed by atoms with Gasteiger partial charge in [-0.1, -0.05) is 42.2 Å². The van der Waals surface area contributed by atoms with Gasteiger partial charge in [0, 0.05) is 11.6 Å². The molecule has 1 aromatic heterocycles. The number of hydrogen-bond acceptors (Lipinski definition) is 5. The topological polar surface area (TPSA) is 42.7 Å². The zero-order valence-corrected chi connectivity index (χ0v) is 16.7. The highest BCUT2D eigenvalue weighted by atomic mass is 32.2. The summed E-state index contributed by atoms with van der Waals surface area (Å²) < 4.78 is 46.8. The van der Waals surface area contributed by atoms with E-state index in [1.807, 2.05) is 18.2 Å². The summed E-state index contributed by atoms with van der Waals surface area (Å²) in [5.74, 6) is 0.304. The Kier molecular flexibility index (Phi) is 5.40. The first kappa shape index (κ1) is 20.2. The Balaban J connectivity index is 1.53. The van der Waals surface area contributed by atoms with Crippen molar-refractivity contribution in [2.75, 3.05) is 4.90 Å². The van der Waals surface area contributed by atoms with Crippen LogP contribution in [0.3, 0.4) is 0 Å². The van der Waals surface area contributed by atoms with Gasteiger partial charge in [0.05, 0.1) is 10.6 Å². The third-order valence-electron chi connectivity index (χ3n) is 4.08. The molecule has 0 aliphatic carbocycles. The van der Waals surface area contributed by atoms with Crippen molar-refractivity contribution in [3.8, 4) is 17.1 Å². The summed E-state index contributed by atoms with van der Waals surface area (Å²) in [6, 6.07) is 17.7. The van der Waals surface area contributed by atoms with Crippen molar-refractivity contribution in [2.24, 2.45) is 0 Å². The van der Waals surface area contributed by atoms with E-state index in [2.05, 4.69) is 4.74 Å². The quantitative estimate of drug-likeness (QED) is 0.349. The lowest BCUT2D eigenvalue weighted by Gasteiger charge is -2.13. The zero-order valence-electron chi connectivity index (χ0n) is 15.1. The van der Waals surface area contributed by atoms with Crippen LogP contribution < -0.4 is 9.64 Å². The molecule has 0 spiro atoms. The predicted octanol–water partition coefficient (Wildman–Crippen LogP) is 6.25. The summed E-state index contributed by atoms with van der Waals surface area (Å²) in [7, 11) is 0. The van der Waals surface area contributed by atoms with Gasteiger partial charge in [-0.3, -0.25) is 9.69 Å². The van der Waals surface area contributed by atoms with E-state index in [0.717, 1.165) is 0 Å². The number of ether oxygens (including phenoxy) is 1. The van der Waals surface area contributed by atoms with Gasteiger partial charge in [0.25, 0.3) is 5.91 Å². The van der Waals surface area contributed by atoms with Crippen molar-refractivity contribution >= 4 is 46.0 Å². The Morgan fingerprint density at radius 2 is 1.70 bits per heavy atom. The SMILES string of the molecule is O=C1/C(=C/c2ccc(-c3ccc(OC(F)(F)F)cc3)o2)SC(=S)N1c1ccccc1. The Hall–Kier alpha value is -3.04. The smallest absolute Gasteiger partial charge is 0.457 e. The van der Waals surface area contributed by atoms with Gasteiger partial charge in [0.1, 0.15) is 17.3 Å². The highest BCUT2D eigenvalue weighted by Crippen LogP contribution is 2.36. The summed E-state index contributed by atoms with van der Waals surface area (Å²) in [6.45, 7) is 0. The molecule has 0 unspecified atom stereocenters. The zero-order chi connectivity index (χ0) is 21.3. The van der Waals surface area contributed by atoms with Gasteiger partial charge >= 0.3 is 6.36 Å². The second kappa shape index (κ2) is 8.00. The first-order chi connectivity index (χ1) is 14.3. The molecule has 9 heteroatoms. The maximum absolute atomic E-state index is 12.8. The average Bonchev–Trinajstić information content (AvgIpc) is 3.27. The van der Waals surface area contributed by atoms with E-state index in [1.165, 1.54) is 40.9 Å². The van der Waals surface area contributed by atoms with Crippen LogP contribution in [0.1, 0.15) is 5.76 Å². The molecular weight excluding hydrogens is 435 g/mol. The second-order valence-electron chi connectivity index (χ2n) is 6.13. The third kappa shape index (κ3) is 4.42. The van der Waals surface area contributed by atoms with E-state index < -0.39 is 6.36 Å². The minimum Gasteiger partial charge on any atom is -0.457 e. The number of rotatable bonds is 4. The van der Waals surface area contributed by atoms with Crippen LogP contribution in [0.5, 0.6) is 5.75 Å². The number of carbonyl (C=O) groups is 1. The monoisotopic (exact) mass is 447 g/mol. The molecule has 1 aliphatic rings. The molecule has 0 atom stereocenters. The van der Waals surface area contributed by atoms with E-state index in [-0.39, 0.29) is 11.7 Å². The Bertz CT molecular complexity index is 1120. The van der Waals surface area contributed by atoms with Gasteiger partial charge < -0.3 is 9.15 Å². The molecule has 0 saturated carbocycles. The van der Waals surface area contributed by atoms with E-state index in [9.17, 15) is 18.0 Å². The molecule has 1 fully saturated rings. The van der Waals surface area contributed by atoms with Crippen LogP contribution in [-0.2, 0) is 4.79 Å². The Morgan fingerprint density at radius 1 is 1.00 bits per heavy atom. The van der Waals surface area contributed by atoms with Crippen molar-refractivity contribution < 1.29 is 27.1 Å². The molecule has 4 nitrogen and oxygen atoms in total. The van der Waals surface area contributed by atoms with E-state index in [0.29, 0.717) is 32.0 Å². The van der Waals surface area contributed by atoms with Crippen LogP contribution in [0.15, 0.2) is 76.1 Å². The maximum Gasteiger partial charge on any atom is 0.573 e. The number of furan rings is 1. The molecule has 1 saturated heterocycles. The van der Waals surface area contributed by atoms with Crippen LogP contribution in [0.2, 0.25) is 0 Å². The highest BCUT2D eigenvalue weighted by molar-refractivity contribution is 8.27. The number of amides is 1. The standard InChI is InChI=1S/C21H12F3NO3S2/c22-21(23,24)28-15-8-6-13(7-9-15)17-11-10-16(27-17)12-18-19(26)25(20(29)30-18)14-4-2-1-3-5-14/h1-12H/b18-12-. The van der Waals surface area contributed by atoms with Crippen molar-refractivity contribution in [1.29, 1.82) is 0 Å². The minimum atomic E-state index is -4.74. The molecular formula is C21H12F3NO3S2. The highest BCUT2D eigenvalue weighted by Gasteiger charge is 2.33. The lowest BCUT2D eigenvalue weighted by atomic mass is 10.2. The molecule has 0 radical (unpaired) electrons. The minimum absolute atomic E-state index is 0.247. The van der Waals surface area contributed by atoms with Crippen molar-refractivity contribution in [3.63, 3.8) is 0 Å². The number of halogens is 3. The molecule has 4 rings (SSSR count). The number of thiocarbonyl (C=S) groups is 1. The number of carbonyl (C=O) groups excluding carboxylic acids is 1. The molecule has 2 heterocycles. The van der Waals surface area contributed by atoms with Crippen molar-refractivity contribution in [2.45, 2.75) is 6.36 Å². The fourth-order valence-electron chi connectivity index (χ4n) is 2.80. The number of alkyl halides is 3. The van der Waals surface area contributed by atoms with Crippen LogP contribution in [0, 0.1) is 0 Å². The third-order valence-corrected chi connectivity index (χ3v) is 5.38. The average molecular weight is 447 g/mol. The fraction of sp³-hybridized carbons (Fsp3) is 0.0476. The van der Waals surface area contributed by atoms with Crippen LogP contribution in [-0.4, -0.2) is 16.6 Å². The Labute approximate surface area is 178 Å². The van der Waals surface area contributed by atoms with Gasteiger partial charge in [-0.15, -0.1) is 13.2 Å². The molecule has 2 aromatic carbocycles. The fourth-order valence-corrected chi connectivity index (χ4v) is 4.08. The van der Waals surface area contributed by atoms with Crippen LogP contribution >= 0.6 is 24.0 Å². The summed E-state index contributed by atoms with van der Waals surface area (Å²) in [5.41, 5.74) is 1.26. The van der Waals surface area contributed by atoms with E-state index in [1.54, 1.807) is 30.3 Å². The number of anilines is 1. The second-order valence-corrected chi connectivity index (χ2v) is 7.80. The number of thioether (sulfide) groups is 1. The van der Waals surface area contributed by atoms with Gasteiger partial charge in [-0.05, 0) is 48.5 Å². The molecule has 1 amide bonds. The molecule has 0 N–H and O–H groups in total. The van der Waals surface area contributed by atoms with E-state index in [4.69, 9.17) is 16.6 Å². The number of hydrogen-bond donors (Lipinski definition) is 0. The lowest BCUT2D eigenvalue weighted by molar-refractivity contribution is -0.274. The maximum atomic E-state index is 12.8. The Morgan fingerprint density at radius 3 is 2.37 bits per heavy atom. The van der Waals surface area contributed by atoms with Gasteiger partial charge in [-0.2, -0.15) is 0 Å². The van der Waals surface area contributed by atoms with Crippen molar-refractivity contribution in [1.82, 2.24) is 0 Å². The summed E-state index contributed by atoms with van der Waals surface area (Å²) >= 11 is 6.50. The summed E-state index contributed by atoms with van der Waals surface area (Å²) in [4.78, 5) is 14.6. The van der Waals surface area contributed by atoms with Crippen LogP contribution in [0.4, 0.5) is 18.9 Å². The lowest BCUT2D eigenvalue weighted by Crippen LogP contribution is -2.27. The summed E-state index contributed by atoms with van der Waals surface area (Å²) in [5, 5.41) is 0. The predicted molar refractivity (Wildman–Crippen MR) is 113 cm³/mol. The molecule has 3 aromatic rings. The molecule has 30 heavy (non-hydrogen) atoms. The van der Waals surface area contributed by atoms with Gasteiger partial charge in [0.15, 0.2) is 4.32 Å². The van der Waals surface area contributed by atoms with Crippen LogP contribution in [0.25, 0.3) is 17.4 Å². The van der Waals surface area contributed by atoms with E-state index >= 15 is 0 Å². The van der Waals surface area contributed by atoms with Crippen molar-refractivity contribution in [3.05, 3.63) is 77.4 Å². The molecule has 0 bridgehead atoms. The normalized spacial score (nSPS) is 15.8. The molecule has 152 valence electrons. The molecule has 1 aliphatic heterocycles. The van der Waals surface area contributed by atoms with Gasteiger partial charge in [0.2, 0.25) is 0 Å².